The number of carbonyl (C=O) groups excluding carboxylic acids is 1. The summed E-state index contributed by atoms with van der Waals surface area (Å²) < 4.78 is 5.26. The average molecular weight is 385 g/mol. The van der Waals surface area contributed by atoms with E-state index in [-0.39, 0.29) is 11.7 Å². The second-order valence-electron chi connectivity index (χ2n) is 7.76. The molecule has 0 amide bonds. The lowest BCUT2D eigenvalue weighted by Crippen LogP contribution is -2.25. The minimum Gasteiger partial charge on any atom is -0.497 e. The van der Waals surface area contributed by atoms with Gasteiger partial charge in [0.2, 0.25) is 5.95 Å². The Balaban J connectivity index is 1.51. The SMILES string of the molecule is COc1ccc(C2CC(=O)c3c(C)nc(N4CCc5ccccc54)nc3C2)cc1. The molecule has 1 aliphatic carbocycles. The van der Waals surface area contributed by atoms with Crippen molar-refractivity contribution in [2.45, 2.75) is 32.1 Å². The summed E-state index contributed by atoms with van der Waals surface area (Å²) in [5.74, 6) is 1.80. The number of nitrogens with zero attached hydrogens (tertiary/aromatic N) is 3. The molecule has 29 heavy (non-hydrogen) atoms. The Labute approximate surface area is 170 Å². The number of aryl methyl sites for hydroxylation is 1. The maximum absolute atomic E-state index is 12.9. The third kappa shape index (κ3) is 3.07. The van der Waals surface area contributed by atoms with E-state index in [1.807, 2.05) is 37.3 Å². The van der Waals surface area contributed by atoms with E-state index in [4.69, 9.17) is 14.7 Å². The number of benzene rings is 2. The van der Waals surface area contributed by atoms with E-state index in [9.17, 15) is 4.79 Å². The number of aromatic nitrogens is 2. The Hall–Kier alpha value is -3.21. The van der Waals surface area contributed by atoms with Gasteiger partial charge in [-0.05, 0) is 55.0 Å². The zero-order chi connectivity index (χ0) is 20.0. The van der Waals surface area contributed by atoms with Gasteiger partial charge in [-0.3, -0.25) is 4.79 Å². The molecule has 0 fully saturated rings. The monoisotopic (exact) mass is 385 g/mol. The van der Waals surface area contributed by atoms with Gasteiger partial charge in [0.15, 0.2) is 5.78 Å². The maximum Gasteiger partial charge on any atom is 0.230 e. The lowest BCUT2D eigenvalue weighted by molar-refractivity contribution is 0.0962. The molecule has 1 aliphatic heterocycles. The lowest BCUT2D eigenvalue weighted by atomic mass is 9.81. The molecular weight excluding hydrogens is 362 g/mol. The van der Waals surface area contributed by atoms with Crippen LogP contribution in [0.3, 0.4) is 0 Å². The van der Waals surface area contributed by atoms with Crippen LogP contribution in [0.15, 0.2) is 48.5 Å². The first-order chi connectivity index (χ1) is 14.1. The molecule has 2 aliphatic rings. The van der Waals surface area contributed by atoms with E-state index in [0.717, 1.165) is 42.1 Å². The van der Waals surface area contributed by atoms with Gasteiger partial charge in [-0.15, -0.1) is 0 Å². The summed E-state index contributed by atoms with van der Waals surface area (Å²) >= 11 is 0. The van der Waals surface area contributed by atoms with Crippen molar-refractivity contribution < 1.29 is 9.53 Å². The number of anilines is 2. The van der Waals surface area contributed by atoms with Gasteiger partial charge in [0.25, 0.3) is 0 Å². The van der Waals surface area contributed by atoms with Crippen molar-refractivity contribution in [3.05, 3.63) is 76.6 Å². The van der Waals surface area contributed by atoms with Crippen molar-refractivity contribution in [2.24, 2.45) is 0 Å². The van der Waals surface area contributed by atoms with Crippen molar-refractivity contribution in [1.82, 2.24) is 9.97 Å². The maximum atomic E-state index is 12.9. The van der Waals surface area contributed by atoms with Crippen LogP contribution in [-0.2, 0) is 12.8 Å². The van der Waals surface area contributed by atoms with Crippen LogP contribution >= 0.6 is 0 Å². The topological polar surface area (TPSA) is 55.3 Å². The highest BCUT2D eigenvalue weighted by molar-refractivity contribution is 5.99. The fraction of sp³-hybridized carbons (Fsp3) is 0.292. The van der Waals surface area contributed by atoms with Gasteiger partial charge in [0, 0.05) is 18.7 Å². The molecule has 1 atom stereocenters. The Morgan fingerprint density at radius 2 is 1.83 bits per heavy atom. The summed E-state index contributed by atoms with van der Waals surface area (Å²) in [5.41, 5.74) is 6.00. The van der Waals surface area contributed by atoms with Crippen molar-refractivity contribution in [3.8, 4) is 5.75 Å². The summed E-state index contributed by atoms with van der Waals surface area (Å²) in [6, 6.07) is 16.4. The summed E-state index contributed by atoms with van der Waals surface area (Å²) in [6.07, 6.45) is 2.23. The number of ketones is 1. The molecule has 0 spiro atoms. The van der Waals surface area contributed by atoms with Gasteiger partial charge < -0.3 is 9.64 Å². The van der Waals surface area contributed by atoms with Gasteiger partial charge in [0.1, 0.15) is 5.75 Å². The normalized spacial score (nSPS) is 17.8. The van der Waals surface area contributed by atoms with Gasteiger partial charge >= 0.3 is 0 Å². The number of para-hydroxylation sites is 1. The first kappa shape index (κ1) is 17.9. The first-order valence-electron chi connectivity index (χ1n) is 10.0. The van der Waals surface area contributed by atoms with Crippen molar-refractivity contribution in [1.29, 1.82) is 0 Å². The first-order valence-corrected chi connectivity index (χ1v) is 10.0. The van der Waals surface area contributed by atoms with E-state index in [1.54, 1.807) is 7.11 Å². The molecule has 146 valence electrons. The molecule has 2 heterocycles. The van der Waals surface area contributed by atoms with Crippen LogP contribution in [0.4, 0.5) is 11.6 Å². The van der Waals surface area contributed by atoms with Gasteiger partial charge in [0.05, 0.1) is 24.1 Å². The zero-order valence-corrected chi connectivity index (χ0v) is 16.7. The molecule has 2 aromatic carbocycles. The molecule has 5 rings (SSSR count). The van der Waals surface area contributed by atoms with Crippen LogP contribution in [0.5, 0.6) is 5.75 Å². The van der Waals surface area contributed by atoms with Gasteiger partial charge in [-0.2, -0.15) is 0 Å². The number of hydrogen-bond acceptors (Lipinski definition) is 5. The fourth-order valence-electron chi connectivity index (χ4n) is 4.54. The standard InChI is InChI=1S/C24H23N3O2/c1-15-23-20(13-18(14-22(23)28)16-7-9-19(29-2)10-8-16)26-24(25-15)27-12-11-17-5-3-4-6-21(17)27/h3-10,18H,11-14H2,1-2H3. The van der Waals surface area contributed by atoms with E-state index >= 15 is 0 Å². The number of hydrogen-bond donors (Lipinski definition) is 0. The molecule has 0 saturated heterocycles. The van der Waals surface area contributed by atoms with E-state index < -0.39 is 0 Å². The van der Waals surface area contributed by atoms with Crippen LogP contribution in [-0.4, -0.2) is 29.4 Å². The van der Waals surface area contributed by atoms with Crippen molar-refractivity contribution >= 4 is 17.4 Å². The molecule has 5 heteroatoms. The summed E-state index contributed by atoms with van der Waals surface area (Å²) in [4.78, 5) is 24.7. The van der Waals surface area contributed by atoms with Crippen LogP contribution in [0.1, 0.15) is 45.2 Å². The predicted octanol–water partition coefficient (Wildman–Crippen LogP) is 4.40. The van der Waals surface area contributed by atoms with E-state index in [2.05, 4.69) is 23.1 Å². The van der Waals surface area contributed by atoms with Crippen LogP contribution in [0, 0.1) is 6.92 Å². The molecule has 0 N–H and O–H groups in total. The van der Waals surface area contributed by atoms with E-state index in [1.165, 1.54) is 11.3 Å². The highest BCUT2D eigenvalue weighted by Gasteiger charge is 2.31. The number of carbonyl (C=O) groups is 1. The van der Waals surface area contributed by atoms with Crippen LogP contribution in [0.25, 0.3) is 0 Å². The average Bonchev–Trinajstić information content (AvgIpc) is 3.17. The Morgan fingerprint density at radius 3 is 2.62 bits per heavy atom. The molecule has 0 radical (unpaired) electrons. The number of fused-ring (bicyclic) bond motifs is 2. The quantitative estimate of drug-likeness (QED) is 0.669. The molecule has 1 aromatic heterocycles. The highest BCUT2D eigenvalue weighted by Crippen LogP contribution is 2.37. The fourth-order valence-corrected chi connectivity index (χ4v) is 4.54. The summed E-state index contributed by atoms with van der Waals surface area (Å²) in [6.45, 7) is 2.80. The third-order valence-corrected chi connectivity index (χ3v) is 6.02. The minimum absolute atomic E-state index is 0.133. The molecule has 3 aromatic rings. The Morgan fingerprint density at radius 1 is 1.03 bits per heavy atom. The minimum atomic E-state index is 0.133. The lowest BCUT2D eigenvalue weighted by Gasteiger charge is -2.26. The molecule has 1 unspecified atom stereocenters. The molecular formula is C24H23N3O2. The Kier molecular flexibility index (Phi) is 4.31. The smallest absolute Gasteiger partial charge is 0.230 e. The number of rotatable bonds is 3. The predicted molar refractivity (Wildman–Crippen MR) is 112 cm³/mol. The zero-order valence-electron chi connectivity index (χ0n) is 16.7. The largest absolute Gasteiger partial charge is 0.497 e. The third-order valence-electron chi connectivity index (χ3n) is 6.02. The Bertz CT molecular complexity index is 1090. The number of methoxy groups -OCH3 is 1. The summed E-state index contributed by atoms with van der Waals surface area (Å²) in [7, 11) is 1.66. The molecule has 5 nitrogen and oxygen atoms in total. The van der Waals surface area contributed by atoms with Crippen LogP contribution < -0.4 is 9.64 Å². The number of ether oxygens (including phenoxy) is 1. The van der Waals surface area contributed by atoms with E-state index in [0.29, 0.717) is 17.9 Å². The number of Topliss-reactive ketones (excluding diaryl/α,β-unsaturated/α-hetero) is 1. The van der Waals surface area contributed by atoms with Crippen molar-refractivity contribution in [3.63, 3.8) is 0 Å². The summed E-state index contributed by atoms with van der Waals surface area (Å²) in [5, 5.41) is 0. The van der Waals surface area contributed by atoms with Crippen molar-refractivity contribution in [2.75, 3.05) is 18.6 Å². The highest BCUT2D eigenvalue weighted by atomic mass is 16.5. The molecule has 0 bridgehead atoms. The van der Waals surface area contributed by atoms with Gasteiger partial charge in [-0.25, -0.2) is 9.97 Å². The second kappa shape index (κ2) is 6.99. The van der Waals surface area contributed by atoms with Gasteiger partial charge in [-0.1, -0.05) is 30.3 Å². The molecule has 0 saturated carbocycles. The van der Waals surface area contributed by atoms with Crippen LogP contribution in [0.2, 0.25) is 0 Å². The second-order valence-corrected chi connectivity index (χ2v) is 7.76.